The molecule has 0 aliphatic carbocycles. The van der Waals surface area contributed by atoms with Crippen LogP contribution in [-0.4, -0.2) is 25.0 Å². The summed E-state index contributed by atoms with van der Waals surface area (Å²) in [6, 6.07) is 4.98. The lowest BCUT2D eigenvalue weighted by Crippen LogP contribution is -2.22. The van der Waals surface area contributed by atoms with Gasteiger partial charge in [-0.05, 0) is 13.0 Å². The van der Waals surface area contributed by atoms with E-state index < -0.39 is 11.9 Å². The second-order valence-corrected chi connectivity index (χ2v) is 4.99. The van der Waals surface area contributed by atoms with Crippen molar-refractivity contribution in [3.63, 3.8) is 0 Å². The molecule has 0 saturated carbocycles. The van der Waals surface area contributed by atoms with Crippen LogP contribution in [-0.2, 0) is 9.53 Å². The summed E-state index contributed by atoms with van der Waals surface area (Å²) >= 11 is 0. The largest absolute Gasteiger partial charge is 0.494 e. The van der Waals surface area contributed by atoms with Crippen molar-refractivity contribution in [3.8, 4) is 5.75 Å². The van der Waals surface area contributed by atoms with E-state index in [0.29, 0.717) is 33.3 Å². The molecule has 0 atom stereocenters. The molecule has 0 aromatic heterocycles. The maximum atomic E-state index is 12.1. The van der Waals surface area contributed by atoms with Gasteiger partial charge in [0.05, 0.1) is 23.9 Å². The lowest BCUT2D eigenvalue weighted by atomic mass is 9.91. The number of carbonyl (C=O) groups is 3. The number of methoxy groups -OCH3 is 1. The van der Waals surface area contributed by atoms with Crippen molar-refractivity contribution in [2.75, 3.05) is 12.4 Å². The van der Waals surface area contributed by atoms with Crippen LogP contribution in [0.15, 0.2) is 18.2 Å². The van der Waals surface area contributed by atoms with Crippen molar-refractivity contribution in [1.29, 1.82) is 0 Å². The third-order valence-electron chi connectivity index (χ3n) is 3.64. The number of hydrogen-bond acceptors (Lipinski definition) is 5. The van der Waals surface area contributed by atoms with Crippen LogP contribution in [0, 0.1) is 6.92 Å². The van der Waals surface area contributed by atoms with Crippen LogP contribution in [0.25, 0.3) is 10.8 Å². The third-order valence-corrected chi connectivity index (χ3v) is 3.64. The highest BCUT2D eigenvalue weighted by molar-refractivity contribution is 6.24. The molecule has 1 N–H and O–H groups in total. The van der Waals surface area contributed by atoms with E-state index in [1.165, 1.54) is 14.0 Å². The fourth-order valence-electron chi connectivity index (χ4n) is 2.81. The summed E-state index contributed by atoms with van der Waals surface area (Å²) in [6.45, 7) is 3.07. The molecule has 0 fully saturated rings. The van der Waals surface area contributed by atoms with Gasteiger partial charge in [0.1, 0.15) is 5.75 Å². The van der Waals surface area contributed by atoms with Gasteiger partial charge in [-0.25, -0.2) is 9.59 Å². The Morgan fingerprint density at radius 1 is 1.23 bits per heavy atom. The number of cyclic esters (lactones) is 2. The Morgan fingerprint density at radius 3 is 2.59 bits per heavy atom. The summed E-state index contributed by atoms with van der Waals surface area (Å²) in [4.78, 5) is 35.5. The highest BCUT2D eigenvalue weighted by Gasteiger charge is 2.32. The van der Waals surface area contributed by atoms with Crippen LogP contribution in [0.1, 0.15) is 33.2 Å². The molecule has 1 heterocycles. The molecule has 6 nitrogen and oxygen atoms in total. The Morgan fingerprint density at radius 2 is 1.95 bits per heavy atom. The molecule has 2 aromatic carbocycles. The van der Waals surface area contributed by atoms with Gasteiger partial charge in [0, 0.05) is 23.3 Å². The molecule has 22 heavy (non-hydrogen) atoms. The fraction of sp³-hybridized carbons (Fsp3) is 0.188. The number of esters is 2. The van der Waals surface area contributed by atoms with Gasteiger partial charge in [-0.3, -0.25) is 4.79 Å². The van der Waals surface area contributed by atoms with E-state index >= 15 is 0 Å². The number of rotatable bonds is 2. The standard InChI is InChI=1S/C16H13NO5/c1-7-11-12-9(13(14(7)21-3)17-8(2)18)5-4-6-10(12)15(19)22-16(11)20/h4-6H,1-3H3,(H,17,18). The zero-order valence-electron chi connectivity index (χ0n) is 12.3. The van der Waals surface area contributed by atoms with Crippen molar-refractivity contribution in [3.05, 3.63) is 34.9 Å². The predicted octanol–water partition coefficient (Wildman–Crippen LogP) is 2.43. The Bertz CT molecular complexity index is 853. The first-order valence-electron chi connectivity index (χ1n) is 6.63. The molecule has 1 amide bonds. The molecular formula is C16H13NO5. The van der Waals surface area contributed by atoms with Crippen molar-refractivity contribution >= 4 is 34.3 Å². The normalized spacial score (nSPS) is 13.0. The molecule has 112 valence electrons. The average molecular weight is 299 g/mol. The second-order valence-electron chi connectivity index (χ2n) is 4.99. The Balaban J connectivity index is 2.52. The zero-order chi connectivity index (χ0) is 16.0. The highest BCUT2D eigenvalue weighted by Crippen LogP contribution is 2.43. The van der Waals surface area contributed by atoms with Gasteiger partial charge in [-0.2, -0.15) is 0 Å². The number of carbonyl (C=O) groups excluding carboxylic acids is 3. The van der Waals surface area contributed by atoms with Crippen molar-refractivity contribution in [2.24, 2.45) is 0 Å². The van der Waals surface area contributed by atoms with Crippen LogP contribution in [0.3, 0.4) is 0 Å². The number of ether oxygens (including phenoxy) is 2. The highest BCUT2D eigenvalue weighted by atomic mass is 16.6. The van der Waals surface area contributed by atoms with E-state index in [-0.39, 0.29) is 11.5 Å². The van der Waals surface area contributed by atoms with Crippen LogP contribution < -0.4 is 10.1 Å². The molecule has 6 heteroatoms. The summed E-state index contributed by atoms with van der Waals surface area (Å²) in [5, 5.41) is 3.76. The zero-order valence-corrected chi connectivity index (χ0v) is 12.3. The second kappa shape index (κ2) is 4.84. The quantitative estimate of drug-likeness (QED) is 0.680. The lowest BCUT2D eigenvalue weighted by Gasteiger charge is -2.22. The topological polar surface area (TPSA) is 81.7 Å². The first kappa shape index (κ1) is 14.1. The molecule has 0 unspecified atom stereocenters. The predicted molar refractivity (Wildman–Crippen MR) is 79.3 cm³/mol. The van der Waals surface area contributed by atoms with E-state index in [1.54, 1.807) is 25.1 Å². The summed E-state index contributed by atoms with van der Waals surface area (Å²) in [5.41, 5.74) is 1.54. The first-order chi connectivity index (χ1) is 10.5. The van der Waals surface area contributed by atoms with Gasteiger partial charge in [-0.15, -0.1) is 0 Å². The van der Waals surface area contributed by atoms with Crippen LogP contribution in [0.2, 0.25) is 0 Å². The molecular weight excluding hydrogens is 286 g/mol. The number of nitrogens with one attached hydrogen (secondary N) is 1. The summed E-state index contributed by atoms with van der Waals surface area (Å²) in [6.07, 6.45) is 0. The number of amides is 1. The molecule has 3 rings (SSSR count). The van der Waals surface area contributed by atoms with Gasteiger partial charge >= 0.3 is 11.9 Å². The van der Waals surface area contributed by atoms with Gasteiger partial charge in [0.2, 0.25) is 5.91 Å². The number of benzene rings is 2. The molecule has 0 radical (unpaired) electrons. The van der Waals surface area contributed by atoms with E-state index in [0.717, 1.165) is 0 Å². The van der Waals surface area contributed by atoms with E-state index in [1.807, 2.05) is 0 Å². The SMILES string of the molecule is COc1c(C)c2c3c(cccc3c1NC(C)=O)C(=O)OC2=O. The monoisotopic (exact) mass is 299 g/mol. The van der Waals surface area contributed by atoms with Crippen LogP contribution in [0.4, 0.5) is 5.69 Å². The van der Waals surface area contributed by atoms with Crippen LogP contribution >= 0.6 is 0 Å². The first-order valence-corrected chi connectivity index (χ1v) is 6.63. The van der Waals surface area contributed by atoms with E-state index in [2.05, 4.69) is 5.32 Å². The molecule has 1 aliphatic rings. The Labute approximate surface area is 126 Å². The van der Waals surface area contributed by atoms with Gasteiger partial charge in [-0.1, -0.05) is 12.1 Å². The fourth-order valence-corrected chi connectivity index (χ4v) is 2.81. The van der Waals surface area contributed by atoms with Gasteiger partial charge in [0.15, 0.2) is 0 Å². The van der Waals surface area contributed by atoms with Gasteiger partial charge < -0.3 is 14.8 Å². The minimum atomic E-state index is -0.709. The lowest BCUT2D eigenvalue weighted by molar-refractivity contribution is -0.114. The smallest absolute Gasteiger partial charge is 0.347 e. The Kier molecular flexibility index (Phi) is 3.09. The maximum Gasteiger partial charge on any atom is 0.347 e. The third kappa shape index (κ3) is 1.84. The number of anilines is 1. The maximum absolute atomic E-state index is 12.1. The molecule has 0 spiro atoms. The summed E-state index contributed by atoms with van der Waals surface area (Å²) < 4.78 is 10.1. The van der Waals surface area contributed by atoms with E-state index in [4.69, 9.17) is 9.47 Å². The molecule has 0 bridgehead atoms. The van der Waals surface area contributed by atoms with E-state index in [9.17, 15) is 14.4 Å². The summed E-state index contributed by atoms with van der Waals surface area (Å²) in [5.74, 6) is -1.30. The minimum absolute atomic E-state index is 0.275. The Hall–Kier alpha value is -2.89. The number of hydrogen-bond donors (Lipinski definition) is 1. The van der Waals surface area contributed by atoms with Crippen molar-refractivity contribution in [2.45, 2.75) is 13.8 Å². The average Bonchev–Trinajstić information content (AvgIpc) is 2.45. The van der Waals surface area contributed by atoms with Gasteiger partial charge in [0.25, 0.3) is 0 Å². The molecule has 2 aromatic rings. The summed E-state index contributed by atoms with van der Waals surface area (Å²) in [7, 11) is 1.45. The van der Waals surface area contributed by atoms with Crippen molar-refractivity contribution < 1.29 is 23.9 Å². The van der Waals surface area contributed by atoms with Crippen LogP contribution in [0.5, 0.6) is 5.75 Å². The minimum Gasteiger partial charge on any atom is -0.494 e. The molecule has 1 aliphatic heterocycles. The van der Waals surface area contributed by atoms with Crippen molar-refractivity contribution in [1.82, 2.24) is 0 Å². The molecule has 0 saturated heterocycles.